The molecule has 8 heteroatoms. The Morgan fingerprint density at radius 2 is 1.25 bits per heavy atom. The molecule has 2 aromatic carbocycles. The van der Waals surface area contributed by atoms with Crippen LogP contribution in [0.3, 0.4) is 0 Å². The van der Waals surface area contributed by atoms with Crippen LogP contribution in [0.15, 0.2) is 60.7 Å². The van der Waals surface area contributed by atoms with Gasteiger partial charge in [-0.1, -0.05) is 82.6 Å². The molecule has 8 nitrogen and oxygen atoms in total. The highest BCUT2D eigenvalue weighted by Gasteiger charge is 2.10. The van der Waals surface area contributed by atoms with Gasteiger partial charge in [-0.15, -0.1) is 0 Å². The first-order valence-corrected chi connectivity index (χ1v) is 14.5. The van der Waals surface area contributed by atoms with Crippen LogP contribution in [0.25, 0.3) is 0 Å². The Kier molecular flexibility index (Phi) is 16.5. The van der Waals surface area contributed by atoms with Crippen molar-refractivity contribution in [2.75, 3.05) is 0 Å². The monoisotopic (exact) mass is 553 g/mol. The number of nitro groups is 1. The summed E-state index contributed by atoms with van der Waals surface area (Å²) in [5, 5.41) is 10.7. The van der Waals surface area contributed by atoms with Crippen molar-refractivity contribution in [2.24, 2.45) is 0 Å². The molecule has 0 fully saturated rings. The van der Waals surface area contributed by atoms with Gasteiger partial charge < -0.3 is 14.2 Å². The second-order valence-corrected chi connectivity index (χ2v) is 9.84. The number of hydrogen-bond acceptors (Lipinski definition) is 7. The van der Waals surface area contributed by atoms with Gasteiger partial charge in [0, 0.05) is 18.6 Å². The predicted octanol–water partition coefficient (Wildman–Crippen LogP) is 9.25. The Labute approximate surface area is 237 Å². The molecule has 0 spiro atoms. The van der Waals surface area contributed by atoms with Crippen molar-refractivity contribution in [2.45, 2.75) is 103 Å². The first kappa shape index (κ1) is 32.5. The fraction of sp³-hybridized carbons (Fsp3) is 0.500. The van der Waals surface area contributed by atoms with Crippen LogP contribution < -0.4 is 9.47 Å². The maximum absolute atomic E-state index is 12.1. The molecule has 2 aromatic rings. The standard InChI is InChI=1S/C32H43NO7/c1-2-3-4-5-6-7-8-9-10-11-12-13-14-15-16-17-31(34)39-29-22-18-27(19-23-29)26-38-32(35)40-30-24-20-28(21-25-30)33(36)37/h9-10,18-25H,2-8,11-17,26H2,1H3/b10-9-. The van der Waals surface area contributed by atoms with Crippen LogP contribution in [0.1, 0.15) is 102 Å². The molecule has 0 atom stereocenters. The lowest BCUT2D eigenvalue weighted by Gasteiger charge is -2.07. The fourth-order valence-electron chi connectivity index (χ4n) is 4.08. The first-order chi connectivity index (χ1) is 19.5. The largest absolute Gasteiger partial charge is 0.514 e. The van der Waals surface area contributed by atoms with Gasteiger partial charge in [-0.25, -0.2) is 4.79 Å². The van der Waals surface area contributed by atoms with Crippen LogP contribution in [-0.4, -0.2) is 17.0 Å². The number of nitrogens with zero attached hydrogens (tertiary/aromatic N) is 1. The number of nitro benzene ring substituents is 1. The number of benzene rings is 2. The van der Waals surface area contributed by atoms with E-state index in [0.717, 1.165) is 25.7 Å². The minimum atomic E-state index is -0.927. The lowest BCUT2D eigenvalue weighted by Crippen LogP contribution is -2.10. The van der Waals surface area contributed by atoms with Gasteiger partial charge in [0.15, 0.2) is 0 Å². The van der Waals surface area contributed by atoms with Crippen LogP contribution in [0, 0.1) is 10.1 Å². The average molecular weight is 554 g/mol. The molecule has 0 aromatic heterocycles. The summed E-state index contributed by atoms with van der Waals surface area (Å²) in [7, 11) is 0. The van der Waals surface area contributed by atoms with Crippen molar-refractivity contribution in [1.29, 1.82) is 0 Å². The molecule has 2 rings (SSSR count). The third-order valence-corrected chi connectivity index (χ3v) is 6.40. The van der Waals surface area contributed by atoms with E-state index in [-0.39, 0.29) is 24.0 Å². The molecular formula is C32H43NO7. The topological polar surface area (TPSA) is 105 Å². The van der Waals surface area contributed by atoms with Gasteiger partial charge in [0.25, 0.3) is 5.69 Å². The van der Waals surface area contributed by atoms with E-state index in [1.807, 2.05) is 0 Å². The maximum atomic E-state index is 12.1. The van der Waals surface area contributed by atoms with Gasteiger partial charge in [-0.05, 0) is 61.9 Å². The molecule has 0 saturated heterocycles. The van der Waals surface area contributed by atoms with Crippen LogP contribution in [0.4, 0.5) is 10.5 Å². The first-order valence-electron chi connectivity index (χ1n) is 14.5. The highest BCUT2D eigenvalue weighted by molar-refractivity contribution is 5.72. The number of rotatable bonds is 20. The average Bonchev–Trinajstić information content (AvgIpc) is 2.95. The summed E-state index contributed by atoms with van der Waals surface area (Å²) in [6.07, 6.45) is 19.8. The fourth-order valence-corrected chi connectivity index (χ4v) is 4.08. The Bertz CT molecular complexity index is 1030. The minimum Gasteiger partial charge on any atom is -0.429 e. The van der Waals surface area contributed by atoms with Crippen molar-refractivity contribution in [1.82, 2.24) is 0 Å². The SMILES string of the molecule is CCCCCCCC/C=C\CCCCCCCC(=O)Oc1ccc(COC(=O)Oc2ccc([N+](=O)[O-])cc2)cc1. The highest BCUT2D eigenvalue weighted by atomic mass is 16.7. The zero-order valence-electron chi connectivity index (χ0n) is 23.7. The van der Waals surface area contributed by atoms with Crippen molar-refractivity contribution < 1.29 is 28.7 Å². The van der Waals surface area contributed by atoms with Gasteiger partial charge in [-0.3, -0.25) is 14.9 Å². The molecule has 0 amide bonds. The predicted molar refractivity (Wildman–Crippen MR) is 155 cm³/mol. The molecule has 0 heterocycles. The summed E-state index contributed by atoms with van der Waals surface area (Å²) >= 11 is 0. The Morgan fingerprint density at radius 3 is 1.85 bits per heavy atom. The van der Waals surface area contributed by atoms with E-state index in [1.165, 1.54) is 82.1 Å². The summed E-state index contributed by atoms with van der Waals surface area (Å²) in [5.41, 5.74) is 0.590. The number of carbonyl (C=O) groups excluding carboxylic acids is 2. The quantitative estimate of drug-likeness (QED) is 0.0306. The van der Waals surface area contributed by atoms with E-state index in [2.05, 4.69) is 19.1 Å². The minimum absolute atomic E-state index is 0.0328. The zero-order valence-corrected chi connectivity index (χ0v) is 23.7. The molecule has 0 aliphatic heterocycles. The van der Waals surface area contributed by atoms with Gasteiger partial charge in [0.2, 0.25) is 0 Å². The summed E-state index contributed by atoms with van der Waals surface area (Å²) < 4.78 is 15.4. The number of non-ortho nitro benzene ring substituents is 1. The van der Waals surface area contributed by atoms with Gasteiger partial charge in [0.05, 0.1) is 4.92 Å². The highest BCUT2D eigenvalue weighted by Crippen LogP contribution is 2.19. The van der Waals surface area contributed by atoms with Crippen molar-refractivity contribution in [3.63, 3.8) is 0 Å². The number of ether oxygens (including phenoxy) is 3. The third-order valence-electron chi connectivity index (χ3n) is 6.40. The number of allylic oxidation sites excluding steroid dienone is 2. The van der Waals surface area contributed by atoms with E-state index in [9.17, 15) is 19.7 Å². The second kappa shape index (κ2) is 20.3. The third kappa shape index (κ3) is 15.0. The Morgan fingerprint density at radius 1 is 0.725 bits per heavy atom. The lowest BCUT2D eigenvalue weighted by molar-refractivity contribution is -0.384. The van der Waals surface area contributed by atoms with E-state index >= 15 is 0 Å². The molecule has 40 heavy (non-hydrogen) atoms. The molecule has 0 bridgehead atoms. The van der Waals surface area contributed by atoms with Gasteiger partial charge >= 0.3 is 12.1 Å². The van der Waals surface area contributed by atoms with Crippen LogP contribution in [-0.2, 0) is 16.1 Å². The zero-order chi connectivity index (χ0) is 28.8. The number of carbonyl (C=O) groups is 2. The van der Waals surface area contributed by atoms with Crippen LogP contribution >= 0.6 is 0 Å². The smallest absolute Gasteiger partial charge is 0.429 e. The van der Waals surface area contributed by atoms with E-state index in [0.29, 0.717) is 17.7 Å². The molecule has 218 valence electrons. The summed E-state index contributed by atoms with van der Waals surface area (Å²) in [6.45, 7) is 2.22. The Balaban J connectivity index is 1.49. The van der Waals surface area contributed by atoms with Crippen LogP contribution in [0.2, 0.25) is 0 Å². The molecule has 0 unspecified atom stereocenters. The van der Waals surface area contributed by atoms with Gasteiger partial charge in [-0.2, -0.15) is 0 Å². The lowest BCUT2D eigenvalue weighted by atomic mass is 10.1. The van der Waals surface area contributed by atoms with E-state index in [1.54, 1.807) is 24.3 Å². The number of esters is 1. The molecular weight excluding hydrogens is 510 g/mol. The number of hydrogen-bond donors (Lipinski definition) is 0. The molecule has 0 aliphatic rings. The van der Waals surface area contributed by atoms with E-state index in [4.69, 9.17) is 14.2 Å². The van der Waals surface area contributed by atoms with Crippen molar-refractivity contribution in [3.8, 4) is 11.5 Å². The summed E-state index contributed by atoms with van der Waals surface area (Å²) in [6, 6.07) is 11.8. The molecule has 0 aliphatic carbocycles. The van der Waals surface area contributed by atoms with Crippen molar-refractivity contribution in [3.05, 3.63) is 76.4 Å². The molecule has 0 saturated carbocycles. The van der Waals surface area contributed by atoms with E-state index < -0.39 is 11.1 Å². The normalized spacial score (nSPS) is 10.9. The van der Waals surface area contributed by atoms with Crippen molar-refractivity contribution >= 4 is 17.8 Å². The Hall–Kier alpha value is -3.68. The van der Waals surface area contributed by atoms with Crippen LogP contribution in [0.5, 0.6) is 11.5 Å². The summed E-state index contributed by atoms with van der Waals surface area (Å²) in [4.78, 5) is 34.1. The summed E-state index contributed by atoms with van der Waals surface area (Å²) in [5.74, 6) is 0.326. The number of unbranched alkanes of at least 4 members (excludes halogenated alkanes) is 11. The van der Waals surface area contributed by atoms with Gasteiger partial charge in [0.1, 0.15) is 18.1 Å². The second-order valence-electron chi connectivity index (χ2n) is 9.84. The molecule has 0 radical (unpaired) electrons. The maximum Gasteiger partial charge on any atom is 0.514 e. The molecule has 0 N–H and O–H groups in total.